The summed E-state index contributed by atoms with van der Waals surface area (Å²) in [5, 5.41) is 0. The van der Waals surface area contributed by atoms with E-state index in [0.717, 1.165) is 18.7 Å². The lowest BCUT2D eigenvalue weighted by molar-refractivity contribution is -0.123. The van der Waals surface area contributed by atoms with Crippen LogP contribution in [-0.2, 0) is 11.2 Å². The number of benzene rings is 1. The zero-order valence-corrected chi connectivity index (χ0v) is 14.9. The third-order valence-corrected chi connectivity index (χ3v) is 5.39. The molecule has 0 radical (unpaired) electrons. The molecule has 1 atom stereocenters. The average Bonchev–Trinajstić information content (AvgIpc) is 3.36. The van der Waals surface area contributed by atoms with Crippen molar-refractivity contribution >= 4 is 17.5 Å². The van der Waals surface area contributed by atoms with Gasteiger partial charge in [-0.3, -0.25) is 14.5 Å². The van der Waals surface area contributed by atoms with Crippen LogP contribution in [0.2, 0.25) is 0 Å². The van der Waals surface area contributed by atoms with Crippen LogP contribution in [0, 0.1) is 0 Å². The molecule has 1 aromatic carbocycles. The summed E-state index contributed by atoms with van der Waals surface area (Å²) in [6, 6.07) is 11.3. The van der Waals surface area contributed by atoms with E-state index < -0.39 is 0 Å². The second-order valence-corrected chi connectivity index (χ2v) is 6.85. The number of fused-ring (bicyclic) bond motifs is 1. The quantitative estimate of drug-likeness (QED) is 0.847. The Kier molecular flexibility index (Phi) is 4.51. The van der Waals surface area contributed by atoms with Gasteiger partial charge < -0.3 is 14.2 Å². The highest BCUT2D eigenvalue weighted by Gasteiger charge is 2.33. The largest absolute Gasteiger partial charge is 0.459 e. The summed E-state index contributed by atoms with van der Waals surface area (Å²) in [7, 11) is 0. The van der Waals surface area contributed by atoms with Crippen LogP contribution in [0.5, 0.6) is 0 Å². The topological polar surface area (TPSA) is 57.0 Å². The minimum absolute atomic E-state index is 0.0814. The maximum absolute atomic E-state index is 13.0. The molecule has 6 heteroatoms. The predicted molar refractivity (Wildman–Crippen MR) is 98.1 cm³/mol. The van der Waals surface area contributed by atoms with Crippen LogP contribution in [0.15, 0.2) is 47.1 Å². The summed E-state index contributed by atoms with van der Waals surface area (Å²) in [4.78, 5) is 31.2. The van der Waals surface area contributed by atoms with Gasteiger partial charge in [0.1, 0.15) is 0 Å². The summed E-state index contributed by atoms with van der Waals surface area (Å²) in [6.07, 6.45) is 2.43. The van der Waals surface area contributed by atoms with Crippen molar-refractivity contribution in [1.29, 1.82) is 0 Å². The van der Waals surface area contributed by atoms with Gasteiger partial charge in [0, 0.05) is 38.4 Å². The average molecular weight is 353 g/mol. The fraction of sp³-hybridized carbons (Fsp3) is 0.400. The Morgan fingerprint density at radius 1 is 1.00 bits per heavy atom. The Balaban J connectivity index is 1.37. The number of nitrogens with zero attached hydrogens (tertiary/aromatic N) is 3. The minimum atomic E-state index is -0.193. The van der Waals surface area contributed by atoms with E-state index in [4.69, 9.17) is 4.42 Å². The summed E-state index contributed by atoms with van der Waals surface area (Å²) in [6.45, 7) is 5.30. The van der Waals surface area contributed by atoms with Crippen LogP contribution < -0.4 is 4.90 Å². The highest BCUT2D eigenvalue weighted by atomic mass is 16.3. The highest BCUT2D eigenvalue weighted by Crippen LogP contribution is 2.28. The fourth-order valence-corrected chi connectivity index (χ4v) is 3.82. The van der Waals surface area contributed by atoms with E-state index in [2.05, 4.69) is 11.0 Å². The molecular weight excluding hydrogens is 330 g/mol. The van der Waals surface area contributed by atoms with Gasteiger partial charge in [0.25, 0.3) is 5.91 Å². The first-order valence-electron chi connectivity index (χ1n) is 9.11. The number of amides is 2. The Hall–Kier alpha value is -2.60. The maximum Gasteiger partial charge on any atom is 0.289 e. The van der Waals surface area contributed by atoms with Crippen molar-refractivity contribution in [2.45, 2.75) is 19.4 Å². The van der Waals surface area contributed by atoms with Gasteiger partial charge in [0.15, 0.2) is 5.76 Å². The standard InChI is InChI=1S/C20H23N3O3/c1-15(19(24)23-9-8-16-5-2-3-6-17(16)23)21-10-12-22(13-11-21)20(25)18-7-4-14-26-18/h2-7,14-15H,8-13H2,1H3/t15-/m1/s1. The van der Waals surface area contributed by atoms with Crippen molar-refractivity contribution in [3.63, 3.8) is 0 Å². The van der Waals surface area contributed by atoms with Crippen molar-refractivity contribution in [2.24, 2.45) is 0 Å². The molecule has 3 heterocycles. The third kappa shape index (κ3) is 3.01. The van der Waals surface area contributed by atoms with Gasteiger partial charge in [-0.15, -0.1) is 0 Å². The number of hydrogen-bond donors (Lipinski definition) is 0. The Bertz CT molecular complexity index is 794. The number of carbonyl (C=O) groups is 2. The first kappa shape index (κ1) is 16.8. The molecule has 0 N–H and O–H groups in total. The smallest absolute Gasteiger partial charge is 0.289 e. The molecule has 0 bridgehead atoms. The van der Waals surface area contributed by atoms with Gasteiger partial charge in [0.2, 0.25) is 5.91 Å². The fourth-order valence-electron chi connectivity index (χ4n) is 3.82. The van der Waals surface area contributed by atoms with Crippen LogP contribution in [0.25, 0.3) is 0 Å². The number of furan rings is 1. The normalized spacial score (nSPS) is 18.7. The summed E-state index contributed by atoms with van der Waals surface area (Å²) >= 11 is 0. The van der Waals surface area contributed by atoms with E-state index in [-0.39, 0.29) is 17.9 Å². The van der Waals surface area contributed by atoms with Crippen LogP contribution in [0.4, 0.5) is 5.69 Å². The number of piperazine rings is 1. The minimum Gasteiger partial charge on any atom is -0.459 e. The van der Waals surface area contributed by atoms with Gasteiger partial charge in [0.05, 0.1) is 12.3 Å². The van der Waals surface area contributed by atoms with Gasteiger partial charge in [-0.05, 0) is 37.1 Å². The first-order chi connectivity index (χ1) is 12.6. The highest BCUT2D eigenvalue weighted by molar-refractivity contribution is 5.98. The predicted octanol–water partition coefficient (Wildman–Crippen LogP) is 2.02. The molecule has 0 saturated carbocycles. The molecule has 136 valence electrons. The SMILES string of the molecule is C[C@H](C(=O)N1CCc2ccccc21)N1CCN(C(=O)c2ccco2)CC1. The van der Waals surface area contributed by atoms with Crippen LogP contribution in [-0.4, -0.2) is 60.4 Å². The summed E-state index contributed by atoms with van der Waals surface area (Å²) < 4.78 is 5.20. The summed E-state index contributed by atoms with van der Waals surface area (Å²) in [5.74, 6) is 0.430. The molecule has 2 aliphatic heterocycles. The molecule has 0 spiro atoms. The maximum atomic E-state index is 13.0. The number of para-hydroxylation sites is 1. The van der Waals surface area contributed by atoms with Crippen molar-refractivity contribution < 1.29 is 14.0 Å². The Morgan fingerprint density at radius 2 is 1.77 bits per heavy atom. The molecular formula is C20H23N3O3. The number of carbonyl (C=O) groups excluding carboxylic acids is 2. The van der Waals surface area contributed by atoms with Gasteiger partial charge in [-0.1, -0.05) is 18.2 Å². The third-order valence-electron chi connectivity index (χ3n) is 5.39. The van der Waals surface area contributed by atoms with Gasteiger partial charge >= 0.3 is 0 Å². The molecule has 1 fully saturated rings. The lowest BCUT2D eigenvalue weighted by Crippen LogP contribution is -2.55. The zero-order valence-electron chi connectivity index (χ0n) is 14.9. The molecule has 1 aromatic heterocycles. The molecule has 26 heavy (non-hydrogen) atoms. The molecule has 0 unspecified atom stereocenters. The molecule has 4 rings (SSSR count). The summed E-state index contributed by atoms with van der Waals surface area (Å²) in [5.41, 5.74) is 2.28. The number of rotatable bonds is 3. The van der Waals surface area contributed by atoms with Crippen molar-refractivity contribution in [1.82, 2.24) is 9.80 Å². The number of hydrogen-bond acceptors (Lipinski definition) is 4. The van der Waals surface area contributed by atoms with E-state index in [1.54, 1.807) is 17.0 Å². The van der Waals surface area contributed by atoms with E-state index in [1.165, 1.54) is 11.8 Å². The van der Waals surface area contributed by atoms with Gasteiger partial charge in [-0.2, -0.15) is 0 Å². The molecule has 0 aliphatic carbocycles. The lowest BCUT2D eigenvalue weighted by Gasteiger charge is -2.38. The zero-order chi connectivity index (χ0) is 18.1. The number of anilines is 1. The van der Waals surface area contributed by atoms with Crippen LogP contribution >= 0.6 is 0 Å². The van der Waals surface area contributed by atoms with E-state index in [9.17, 15) is 9.59 Å². The molecule has 2 amide bonds. The second-order valence-electron chi connectivity index (χ2n) is 6.85. The molecule has 2 aromatic rings. The second kappa shape index (κ2) is 6.96. The first-order valence-corrected chi connectivity index (χ1v) is 9.11. The monoisotopic (exact) mass is 353 g/mol. The Morgan fingerprint density at radius 3 is 2.50 bits per heavy atom. The molecule has 1 saturated heterocycles. The molecule has 2 aliphatic rings. The lowest BCUT2D eigenvalue weighted by atomic mass is 10.1. The van der Waals surface area contributed by atoms with Crippen LogP contribution in [0.3, 0.4) is 0 Å². The van der Waals surface area contributed by atoms with Crippen molar-refractivity contribution in [3.8, 4) is 0 Å². The van der Waals surface area contributed by atoms with E-state index in [0.29, 0.717) is 31.9 Å². The van der Waals surface area contributed by atoms with E-state index in [1.807, 2.05) is 30.0 Å². The van der Waals surface area contributed by atoms with Crippen molar-refractivity contribution in [3.05, 3.63) is 54.0 Å². The Labute approximate surface area is 153 Å². The molecule has 6 nitrogen and oxygen atoms in total. The van der Waals surface area contributed by atoms with Crippen molar-refractivity contribution in [2.75, 3.05) is 37.6 Å². The van der Waals surface area contributed by atoms with Crippen LogP contribution in [0.1, 0.15) is 23.0 Å². The van der Waals surface area contributed by atoms with Gasteiger partial charge in [-0.25, -0.2) is 0 Å². The van der Waals surface area contributed by atoms with E-state index >= 15 is 0 Å².